The van der Waals surface area contributed by atoms with E-state index >= 15 is 0 Å². The zero-order valence-electron chi connectivity index (χ0n) is 19.1. The number of halogens is 2. The van der Waals surface area contributed by atoms with Crippen LogP contribution in [0.5, 0.6) is 0 Å². The number of benzene rings is 2. The summed E-state index contributed by atoms with van der Waals surface area (Å²) in [6.45, 7) is 9.99. The number of hydrogen-bond acceptors (Lipinski definition) is 4. The monoisotopic (exact) mass is 475 g/mol. The van der Waals surface area contributed by atoms with E-state index in [4.69, 9.17) is 28.0 Å². The summed E-state index contributed by atoms with van der Waals surface area (Å²) in [5.74, 6) is 0.827. The molecule has 2 aromatic carbocycles. The van der Waals surface area contributed by atoms with Crippen molar-refractivity contribution in [2.24, 2.45) is 5.92 Å². The molecule has 0 radical (unpaired) electrons. The highest BCUT2D eigenvalue weighted by Crippen LogP contribution is 2.29. The third-order valence-electron chi connectivity index (χ3n) is 6.46. The molecule has 6 heteroatoms. The van der Waals surface area contributed by atoms with Crippen LogP contribution in [0.25, 0.3) is 0 Å². The summed E-state index contributed by atoms with van der Waals surface area (Å²) in [5, 5.41) is 3.89. The van der Waals surface area contributed by atoms with Crippen LogP contribution < -0.4 is 4.90 Å². The van der Waals surface area contributed by atoms with Crippen molar-refractivity contribution >= 4 is 28.9 Å². The van der Waals surface area contributed by atoms with Crippen molar-refractivity contribution in [3.05, 3.63) is 64.1 Å². The third kappa shape index (κ3) is 7.36. The maximum absolute atomic E-state index is 6.44. The minimum absolute atomic E-state index is 0.540. The molecule has 4 nitrogen and oxygen atoms in total. The van der Waals surface area contributed by atoms with Crippen LogP contribution in [0.3, 0.4) is 0 Å². The lowest BCUT2D eigenvalue weighted by Crippen LogP contribution is -2.49. The predicted molar refractivity (Wildman–Crippen MR) is 135 cm³/mol. The lowest BCUT2D eigenvalue weighted by molar-refractivity contribution is -0.184. The predicted octanol–water partition coefficient (Wildman–Crippen LogP) is 5.92. The second-order valence-corrected chi connectivity index (χ2v) is 10.1. The molecule has 0 spiro atoms. The number of hydroxylamine groups is 2. The van der Waals surface area contributed by atoms with Gasteiger partial charge in [-0.3, -0.25) is 9.74 Å². The molecule has 1 aliphatic carbocycles. The van der Waals surface area contributed by atoms with Gasteiger partial charge in [-0.2, -0.15) is 5.06 Å². The maximum Gasteiger partial charge on any atom is 0.0795 e. The Kier molecular flexibility index (Phi) is 8.73. The van der Waals surface area contributed by atoms with Gasteiger partial charge >= 0.3 is 0 Å². The van der Waals surface area contributed by atoms with Gasteiger partial charge in [-0.1, -0.05) is 47.5 Å². The Hall–Kier alpha value is -1.30. The first kappa shape index (κ1) is 23.8. The Morgan fingerprint density at radius 3 is 2.09 bits per heavy atom. The van der Waals surface area contributed by atoms with E-state index in [1.807, 2.05) is 30.3 Å². The van der Waals surface area contributed by atoms with Gasteiger partial charge in [-0.15, -0.1) is 0 Å². The summed E-state index contributed by atoms with van der Waals surface area (Å²) < 4.78 is 0. The average molecular weight is 476 g/mol. The zero-order chi connectivity index (χ0) is 22.3. The number of rotatable bonds is 5. The third-order valence-corrected chi connectivity index (χ3v) is 7.02. The summed E-state index contributed by atoms with van der Waals surface area (Å²) >= 11 is 12.0. The van der Waals surface area contributed by atoms with Gasteiger partial charge in [0.15, 0.2) is 0 Å². The molecule has 0 unspecified atom stereocenters. The van der Waals surface area contributed by atoms with E-state index in [-0.39, 0.29) is 0 Å². The fraction of sp³-hybridized carbons (Fsp3) is 0.538. The minimum atomic E-state index is 0.540. The molecule has 0 bridgehead atoms. The van der Waals surface area contributed by atoms with E-state index in [2.05, 4.69) is 40.0 Å². The number of aryl methyl sites for hydroxylation is 1. The van der Waals surface area contributed by atoms with Crippen LogP contribution in [0.15, 0.2) is 48.5 Å². The molecule has 1 saturated carbocycles. The second kappa shape index (κ2) is 11.7. The number of piperazine rings is 1. The van der Waals surface area contributed by atoms with E-state index in [9.17, 15) is 0 Å². The summed E-state index contributed by atoms with van der Waals surface area (Å²) in [7, 11) is 0. The maximum atomic E-state index is 6.44. The van der Waals surface area contributed by atoms with Gasteiger partial charge in [0.25, 0.3) is 0 Å². The lowest BCUT2D eigenvalue weighted by atomic mass is 9.97. The van der Waals surface area contributed by atoms with Gasteiger partial charge in [-0.05, 0) is 68.4 Å². The smallest absolute Gasteiger partial charge is 0.0795 e. The van der Waals surface area contributed by atoms with Crippen molar-refractivity contribution in [1.82, 2.24) is 9.96 Å². The van der Waals surface area contributed by atoms with Crippen molar-refractivity contribution in [3.63, 3.8) is 0 Å². The fourth-order valence-corrected chi connectivity index (χ4v) is 4.90. The van der Waals surface area contributed by atoms with Gasteiger partial charge < -0.3 is 4.90 Å². The molecule has 3 aliphatic rings. The van der Waals surface area contributed by atoms with Gasteiger partial charge in [0.1, 0.15) is 0 Å². The van der Waals surface area contributed by atoms with Crippen LogP contribution in [0.2, 0.25) is 10.0 Å². The van der Waals surface area contributed by atoms with Crippen molar-refractivity contribution in [1.29, 1.82) is 0 Å². The number of nitrogens with zero attached hydrogens (tertiary/aromatic N) is 3. The molecule has 2 saturated heterocycles. The normalized spacial score (nSPS) is 20.7. The fourth-order valence-electron chi connectivity index (χ4n) is 4.40. The largest absolute Gasteiger partial charge is 0.368 e. The van der Waals surface area contributed by atoms with Gasteiger partial charge in [-0.25, -0.2) is 0 Å². The van der Waals surface area contributed by atoms with Gasteiger partial charge in [0, 0.05) is 50.8 Å². The molecular weight excluding hydrogens is 441 g/mol. The Balaban J connectivity index is 0.000000300. The topological polar surface area (TPSA) is 19.0 Å². The molecular formula is C26H35Cl2N3O. The molecule has 32 heavy (non-hydrogen) atoms. The Bertz CT molecular complexity index is 830. The first-order chi connectivity index (χ1) is 15.6. The molecule has 2 aromatic rings. The summed E-state index contributed by atoms with van der Waals surface area (Å²) in [6, 6.07) is 15.8. The molecule has 3 fully saturated rings. The molecule has 2 heterocycles. The first-order valence-corrected chi connectivity index (χ1v) is 12.7. The van der Waals surface area contributed by atoms with Crippen LogP contribution in [0.4, 0.5) is 5.69 Å². The molecule has 174 valence electrons. The minimum Gasteiger partial charge on any atom is -0.368 e. The van der Waals surface area contributed by atoms with Crippen LogP contribution in [-0.2, 0) is 4.84 Å². The Morgan fingerprint density at radius 2 is 1.53 bits per heavy atom. The lowest BCUT2D eigenvalue weighted by Gasteiger charge is -2.39. The first-order valence-electron chi connectivity index (χ1n) is 11.9. The van der Waals surface area contributed by atoms with Gasteiger partial charge in [0.05, 0.1) is 16.8 Å². The molecule has 0 N–H and O–H groups in total. The Morgan fingerprint density at radius 1 is 0.844 bits per heavy atom. The van der Waals surface area contributed by atoms with Crippen LogP contribution in [0.1, 0.15) is 31.2 Å². The van der Waals surface area contributed by atoms with Crippen LogP contribution in [-0.4, -0.2) is 61.9 Å². The quantitative estimate of drug-likeness (QED) is 0.534. The summed E-state index contributed by atoms with van der Waals surface area (Å²) in [6.07, 6.45) is 5.61. The standard InChI is InChI=1S/C20H30ClN3O.C6H5Cl/c1-16-2-5-20(19(21)14-16)23-12-10-22(11-13-23)15-17-6-8-24(9-7-17)25-18-3-4-18;7-6-4-2-1-3-5-6/h2,5,14,17-18H,3-4,6-13,15H2,1H3;1-5H. The van der Waals surface area contributed by atoms with Crippen molar-refractivity contribution in [2.75, 3.05) is 50.7 Å². The number of piperidine rings is 1. The molecule has 0 aromatic heterocycles. The Labute approximate surface area is 203 Å². The molecule has 2 aliphatic heterocycles. The number of hydrogen-bond donors (Lipinski definition) is 0. The molecule has 0 atom stereocenters. The van der Waals surface area contributed by atoms with E-state index in [0.717, 1.165) is 55.2 Å². The van der Waals surface area contributed by atoms with E-state index in [1.54, 1.807) is 0 Å². The zero-order valence-corrected chi connectivity index (χ0v) is 20.6. The summed E-state index contributed by atoms with van der Waals surface area (Å²) in [4.78, 5) is 11.0. The number of anilines is 1. The van der Waals surface area contributed by atoms with Gasteiger partial charge in [0.2, 0.25) is 0 Å². The van der Waals surface area contributed by atoms with Crippen LogP contribution in [0, 0.1) is 12.8 Å². The van der Waals surface area contributed by atoms with E-state index < -0.39 is 0 Å². The second-order valence-electron chi connectivity index (χ2n) is 9.22. The highest BCUT2D eigenvalue weighted by molar-refractivity contribution is 6.33. The van der Waals surface area contributed by atoms with Crippen molar-refractivity contribution < 1.29 is 4.84 Å². The molecule has 5 rings (SSSR count). The van der Waals surface area contributed by atoms with E-state index in [1.165, 1.54) is 43.5 Å². The SMILES string of the molecule is Cc1ccc(N2CCN(CC3CCN(OC4CC4)CC3)CC2)c(Cl)c1.Clc1ccccc1. The van der Waals surface area contributed by atoms with Crippen LogP contribution >= 0.6 is 23.2 Å². The van der Waals surface area contributed by atoms with Crippen molar-refractivity contribution in [3.8, 4) is 0 Å². The average Bonchev–Trinajstić information content (AvgIpc) is 3.61. The summed E-state index contributed by atoms with van der Waals surface area (Å²) in [5.41, 5.74) is 2.42. The van der Waals surface area contributed by atoms with E-state index in [0.29, 0.717) is 6.10 Å². The molecule has 0 amide bonds. The highest BCUT2D eigenvalue weighted by atomic mass is 35.5. The van der Waals surface area contributed by atoms with Crippen molar-refractivity contribution in [2.45, 2.75) is 38.7 Å². The highest BCUT2D eigenvalue weighted by Gasteiger charge is 2.29.